The predicted molar refractivity (Wildman–Crippen MR) is 95.6 cm³/mol. The fraction of sp³-hybridized carbons (Fsp3) is 0.611. The Kier molecular flexibility index (Phi) is 8.59. The highest BCUT2D eigenvalue weighted by Crippen LogP contribution is 2.19. The van der Waals surface area contributed by atoms with Gasteiger partial charge in [0.1, 0.15) is 0 Å². The van der Waals surface area contributed by atoms with Gasteiger partial charge in [-0.25, -0.2) is 0 Å². The molecule has 2 N–H and O–H groups in total. The number of hydrogen-bond acceptors (Lipinski definition) is 3. The first-order valence-electron chi connectivity index (χ1n) is 8.26. The number of likely N-dealkylation sites (tertiary alicyclic amines) is 1. The molecule has 2 rings (SSSR count). The van der Waals surface area contributed by atoms with Gasteiger partial charge in [0.15, 0.2) is 0 Å². The summed E-state index contributed by atoms with van der Waals surface area (Å²) in [6.45, 7) is 6.68. The Balaban J connectivity index is 0.00000264. The van der Waals surface area contributed by atoms with Crippen LogP contribution in [-0.2, 0) is 9.53 Å². The Morgan fingerprint density at radius 2 is 1.87 bits per heavy atom. The fourth-order valence-electron chi connectivity index (χ4n) is 2.74. The largest absolute Gasteiger partial charge is 0.378 e. The van der Waals surface area contributed by atoms with Crippen LogP contribution in [-0.4, -0.2) is 36.6 Å². The third-order valence-electron chi connectivity index (χ3n) is 4.08. The van der Waals surface area contributed by atoms with Crippen molar-refractivity contribution in [3.05, 3.63) is 35.9 Å². The smallest absolute Gasteiger partial charge is 0.224 e. The van der Waals surface area contributed by atoms with E-state index in [9.17, 15) is 4.79 Å². The van der Waals surface area contributed by atoms with Gasteiger partial charge in [-0.15, -0.1) is 12.4 Å². The monoisotopic (exact) mass is 340 g/mol. The van der Waals surface area contributed by atoms with Crippen LogP contribution in [0.25, 0.3) is 0 Å². The number of ether oxygens (including phenoxy) is 1. The fourth-order valence-corrected chi connectivity index (χ4v) is 2.74. The maximum absolute atomic E-state index is 12.4. The van der Waals surface area contributed by atoms with Crippen molar-refractivity contribution < 1.29 is 9.53 Å². The summed E-state index contributed by atoms with van der Waals surface area (Å²) in [5.74, 6) is 0.710. The zero-order chi connectivity index (χ0) is 15.9. The number of amides is 1. The Hall–Kier alpha value is -1.10. The first-order chi connectivity index (χ1) is 10.6. The quantitative estimate of drug-likeness (QED) is 0.865. The molecule has 0 spiro atoms. The van der Waals surface area contributed by atoms with Crippen LogP contribution >= 0.6 is 12.4 Å². The van der Waals surface area contributed by atoms with Gasteiger partial charge in [0, 0.05) is 32.2 Å². The summed E-state index contributed by atoms with van der Waals surface area (Å²) < 4.78 is 5.86. The van der Waals surface area contributed by atoms with Crippen molar-refractivity contribution in [2.24, 2.45) is 11.7 Å². The van der Waals surface area contributed by atoms with Crippen LogP contribution in [0.3, 0.4) is 0 Å². The second kappa shape index (κ2) is 9.91. The molecule has 1 heterocycles. The van der Waals surface area contributed by atoms with Crippen molar-refractivity contribution in [1.82, 2.24) is 4.90 Å². The summed E-state index contributed by atoms with van der Waals surface area (Å²) in [6.07, 6.45) is 2.54. The topological polar surface area (TPSA) is 55.6 Å². The Morgan fingerprint density at radius 3 is 2.43 bits per heavy atom. The molecular weight excluding hydrogens is 312 g/mol. The van der Waals surface area contributed by atoms with Gasteiger partial charge in [0.2, 0.25) is 5.91 Å². The Bertz CT molecular complexity index is 459. The van der Waals surface area contributed by atoms with Gasteiger partial charge in [-0.1, -0.05) is 44.2 Å². The number of carbonyl (C=O) groups excluding carboxylic acids is 1. The van der Waals surface area contributed by atoms with Crippen LogP contribution in [0.2, 0.25) is 0 Å². The number of rotatable bonds is 6. The minimum absolute atomic E-state index is 0. The highest BCUT2D eigenvalue weighted by molar-refractivity contribution is 5.85. The number of halogens is 1. The molecule has 1 aliphatic rings. The van der Waals surface area contributed by atoms with Gasteiger partial charge in [-0.2, -0.15) is 0 Å². The summed E-state index contributed by atoms with van der Waals surface area (Å²) in [5, 5.41) is 0. The lowest BCUT2D eigenvalue weighted by atomic mass is 10.0. The Morgan fingerprint density at radius 1 is 1.26 bits per heavy atom. The van der Waals surface area contributed by atoms with Crippen LogP contribution in [0.4, 0.5) is 0 Å². The number of nitrogens with two attached hydrogens (primary N) is 1. The minimum atomic E-state index is -0.219. The van der Waals surface area contributed by atoms with Gasteiger partial charge >= 0.3 is 0 Å². The summed E-state index contributed by atoms with van der Waals surface area (Å²) >= 11 is 0. The molecule has 1 unspecified atom stereocenters. The molecule has 0 saturated carbocycles. The Labute approximate surface area is 145 Å². The summed E-state index contributed by atoms with van der Waals surface area (Å²) in [6, 6.07) is 9.60. The number of carbonyl (C=O) groups is 1. The van der Waals surface area contributed by atoms with E-state index in [0.29, 0.717) is 18.4 Å². The van der Waals surface area contributed by atoms with Crippen LogP contribution in [0, 0.1) is 5.92 Å². The van der Waals surface area contributed by atoms with Gasteiger partial charge in [-0.3, -0.25) is 4.79 Å². The van der Waals surface area contributed by atoms with Crippen molar-refractivity contribution in [1.29, 1.82) is 0 Å². The van der Waals surface area contributed by atoms with E-state index in [1.54, 1.807) is 0 Å². The predicted octanol–water partition coefficient (Wildman–Crippen LogP) is 3.16. The van der Waals surface area contributed by atoms with Crippen molar-refractivity contribution in [2.75, 3.05) is 19.7 Å². The molecule has 0 radical (unpaired) electrons. The first-order valence-corrected chi connectivity index (χ1v) is 8.26. The molecule has 1 atom stereocenters. The normalized spacial score (nSPS) is 17.0. The average Bonchev–Trinajstić information content (AvgIpc) is 2.54. The van der Waals surface area contributed by atoms with Gasteiger partial charge in [0.25, 0.3) is 0 Å². The molecule has 23 heavy (non-hydrogen) atoms. The summed E-state index contributed by atoms with van der Waals surface area (Å²) in [4.78, 5) is 14.3. The third kappa shape index (κ3) is 6.50. The van der Waals surface area contributed by atoms with Gasteiger partial charge in [0.05, 0.1) is 6.10 Å². The molecule has 4 nitrogen and oxygen atoms in total. The molecule has 1 saturated heterocycles. The van der Waals surface area contributed by atoms with Crippen LogP contribution < -0.4 is 5.73 Å². The van der Waals surface area contributed by atoms with E-state index in [0.717, 1.165) is 38.1 Å². The van der Waals surface area contributed by atoms with Crippen molar-refractivity contribution in [2.45, 2.75) is 45.3 Å². The van der Waals surface area contributed by atoms with E-state index in [4.69, 9.17) is 10.5 Å². The lowest BCUT2D eigenvalue weighted by Crippen LogP contribution is -2.42. The number of hydrogen-bond donors (Lipinski definition) is 1. The van der Waals surface area contributed by atoms with Crippen LogP contribution in [0.15, 0.2) is 30.3 Å². The lowest BCUT2D eigenvalue weighted by molar-refractivity contribution is -0.134. The maximum atomic E-state index is 12.4. The van der Waals surface area contributed by atoms with E-state index >= 15 is 0 Å². The maximum Gasteiger partial charge on any atom is 0.224 e. The number of benzene rings is 1. The molecule has 0 bridgehead atoms. The molecule has 0 aliphatic carbocycles. The average molecular weight is 341 g/mol. The molecule has 1 aromatic rings. The molecular formula is C18H29ClN2O2. The van der Waals surface area contributed by atoms with E-state index in [2.05, 4.69) is 13.8 Å². The molecule has 1 aromatic carbocycles. The molecule has 1 amide bonds. The van der Waals surface area contributed by atoms with Crippen LogP contribution in [0.1, 0.15) is 44.7 Å². The second-order valence-corrected chi connectivity index (χ2v) is 6.53. The highest BCUT2D eigenvalue weighted by Gasteiger charge is 2.24. The number of piperidine rings is 1. The van der Waals surface area contributed by atoms with Crippen LogP contribution in [0.5, 0.6) is 0 Å². The summed E-state index contributed by atoms with van der Waals surface area (Å²) in [7, 11) is 0. The SMILES string of the molecule is CC(C)COC1CCN(C(=O)CC(N)c2ccccc2)CC1.Cl. The molecule has 130 valence electrons. The van der Waals surface area contributed by atoms with Gasteiger partial charge in [-0.05, 0) is 24.3 Å². The van der Waals surface area contributed by atoms with E-state index in [-0.39, 0.29) is 24.4 Å². The second-order valence-electron chi connectivity index (χ2n) is 6.53. The zero-order valence-electron chi connectivity index (χ0n) is 14.1. The highest BCUT2D eigenvalue weighted by atomic mass is 35.5. The summed E-state index contributed by atoms with van der Waals surface area (Å²) in [5.41, 5.74) is 7.16. The standard InChI is InChI=1S/C18H28N2O2.ClH/c1-14(2)13-22-16-8-10-20(11-9-16)18(21)12-17(19)15-6-4-3-5-7-15;/h3-7,14,16-17H,8-13,19H2,1-2H3;1H. The lowest BCUT2D eigenvalue weighted by Gasteiger charge is -2.33. The van der Waals surface area contributed by atoms with E-state index < -0.39 is 0 Å². The van der Waals surface area contributed by atoms with Crippen molar-refractivity contribution >= 4 is 18.3 Å². The molecule has 0 aromatic heterocycles. The van der Waals surface area contributed by atoms with E-state index in [1.165, 1.54) is 0 Å². The zero-order valence-corrected chi connectivity index (χ0v) is 14.9. The molecule has 5 heteroatoms. The molecule has 1 aliphatic heterocycles. The first kappa shape index (κ1) is 19.9. The molecule has 1 fully saturated rings. The van der Waals surface area contributed by atoms with Crippen molar-refractivity contribution in [3.8, 4) is 0 Å². The minimum Gasteiger partial charge on any atom is -0.378 e. The van der Waals surface area contributed by atoms with E-state index in [1.807, 2.05) is 35.2 Å². The number of nitrogens with zero attached hydrogens (tertiary/aromatic N) is 1. The van der Waals surface area contributed by atoms with Crippen molar-refractivity contribution in [3.63, 3.8) is 0 Å². The van der Waals surface area contributed by atoms with Gasteiger partial charge < -0.3 is 15.4 Å². The third-order valence-corrected chi connectivity index (χ3v) is 4.08.